The first-order valence-corrected chi connectivity index (χ1v) is 9.54. The second-order valence-corrected chi connectivity index (χ2v) is 7.21. The topological polar surface area (TPSA) is 88.4 Å². The summed E-state index contributed by atoms with van der Waals surface area (Å²) in [7, 11) is 0. The molecule has 0 radical (unpaired) electrons. The zero-order valence-electron chi connectivity index (χ0n) is 17.0. The van der Waals surface area contributed by atoms with Crippen LogP contribution in [0.5, 0.6) is 5.75 Å². The molecular weight excluding hydrogens is 368 g/mol. The van der Waals surface area contributed by atoms with Crippen molar-refractivity contribution in [2.45, 2.75) is 33.2 Å². The van der Waals surface area contributed by atoms with E-state index in [2.05, 4.69) is 31.3 Å². The highest BCUT2D eigenvalue weighted by molar-refractivity contribution is 5.81. The number of nitrogens with one attached hydrogen (secondary N) is 1. The van der Waals surface area contributed by atoms with Gasteiger partial charge >= 0.3 is 5.97 Å². The van der Waals surface area contributed by atoms with Crippen molar-refractivity contribution in [1.29, 1.82) is 5.26 Å². The van der Waals surface area contributed by atoms with E-state index in [9.17, 15) is 9.59 Å². The van der Waals surface area contributed by atoms with Gasteiger partial charge in [-0.3, -0.25) is 4.79 Å². The zero-order valence-corrected chi connectivity index (χ0v) is 17.0. The first kappa shape index (κ1) is 22.0. The van der Waals surface area contributed by atoms with E-state index in [0.29, 0.717) is 17.2 Å². The molecule has 0 aliphatic rings. The molecule has 1 N–H and O–H groups in total. The molecule has 2 aromatic rings. The maximum atomic E-state index is 12.0. The summed E-state index contributed by atoms with van der Waals surface area (Å²) in [5, 5.41) is 11.6. The van der Waals surface area contributed by atoms with E-state index < -0.39 is 5.97 Å². The standard InChI is InChI=1S/C23H26N2O4/c1-16(2)12-18-4-8-20(9-5-18)17(3)25-22(26)14-29-23(27)15-28-21-10-6-19(13-24)7-11-21/h4-11,16-17H,12,14-15H2,1-3H3,(H,25,26)/t17-/m0/s1. The second-order valence-electron chi connectivity index (χ2n) is 7.21. The summed E-state index contributed by atoms with van der Waals surface area (Å²) >= 11 is 0. The molecule has 6 heteroatoms. The Kier molecular flexibility index (Phi) is 8.23. The maximum Gasteiger partial charge on any atom is 0.344 e. The van der Waals surface area contributed by atoms with Crippen LogP contribution in [0, 0.1) is 17.2 Å². The molecule has 2 rings (SSSR count). The van der Waals surface area contributed by atoms with Crippen LogP contribution in [0.25, 0.3) is 0 Å². The fraction of sp³-hybridized carbons (Fsp3) is 0.348. The number of carbonyl (C=O) groups excluding carboxylic acids is 2. The molecule has 6 nitrogen and oxygen atoms in total. The molecular formula is C23H26N2O4. The molecule has 1 amide bonds. The molecule has 0 aromatic heterocycles. The lowest BCUT2D eigenvalue weighted by Crippen LogP contribution is -2.31. The van der Waals surface area contributed by atoms with Gasteiger partial charge in [-0.1, -0.05) is 38.1 Å². The van der Waals surface area contributed by atoms with Gasteiger partial charge in [0.2, 0.25) is 0 Å². The van der Waals surface area contributed by atoms with Crippen molar-refractivity contribution in [3.05, 3.63) is 65.2 Å². The van der Waals surface area contributed by atoms with Crippen LogP contribution < -0.4 is 10.1 Å². The molecule has 0 aliphatic carbocycles. The van der Waals surface area contributed by atoms with Crippen LogP contribution in [0.15, 0.2) is 48.5 Å². The molecule has 1 atom stereocenters. The molecule has 0 saturated carbocycles. The minimum Gasteiger partial charge on any atom is -0.482 e. The van der Waals surface area contributed by atoms with Gasteiger partial charge in [0.05, 0.1) is 17.7 Å². The highest BCUT2D eigenvalue weighted by Crippen LogP contribution is 2.15. The number of benzene rings is 2. The average Bonchev–Trinajstić information content (AvgIpc) is 2.71. The number of nitrogens with zero attached hydrogens (tertiary/aromatic N) is 1. The minimum atomic E-state index is -0.643. The number of nitriles is 1. The normalized spacial score (nSPS) is 11.4. The van der Waals surface area contributed by atoms with Crippen LogP contribution >= 0.6 is 0 Å². The molecule has 0 aliphatic heterocycles. The Morgan fingerprint density at radius 1 is 1.00 bits per heavy atom. The van der Waals surface area contributed by atoms with E-state index in [1.807, 2.05) is 25.1 Å². The largest absolute Gasteiger partial charge is 0.482 e. The van der Waals surface area contributed by atoms with E-state index in [4.69, 9.17) is 14.7 Å². The predicted molar refractivity (Wildman–Crippen MR) is 109 cm³/mol. The molecule has 2 aromatic carbocycles. The van der Waals surface area contributed by atoms with Gasteiger partial charge in [0.25, 0.3) is 5.91 Å². The van der Waals surface area contributed by atoms with Crippen molar-refractivity contribution in [2.24, 2.45) is 5.92 Å². The number of esters is 1. The summed E-state index contributed by atoms with van der Waals surface area (Å²) in [5.41, 5.74) is 2.75. The lowest BCUT2D eigenvalue weighted by atomic mass is 10.00. The highest BCUT2D eigenvalue weighted by atomic mass is 16.6. The maximum absolute atomic E-state index is 12.0. The Morgan fingerprint density at radius 2 is 1.66 bits per heavy atom. The van der Waals surface area contributed by atoms with Crippen molar-refractivity contribution in [3.8, 4) is 11.8 Å². The Labute approximate surface area is 171 Å². The molecule has 0 unspecified atom stereocenters. The van der Waals surface area contributed by atoms with Crippen LogP contribution in [-0.4, -0.2) is 25.1 Å². The lowest BCUT2D eigenvalue weighted by molar-refractivity contribution is -0.150. The Balaban J connectivity index is 1.72. The van der Waals surface area contributed by atoms with Gasteiger partial charge in [-0.25, -0.2) is 4.79 Å². The van der Waals surface area contributed by atoms with Gasteiger partial charge in [0, 0.05) is 0 Å². The third kappa shape index (κ3) is 7.67. The monoisotopic (exact) mass is 394 g/mol. The summed E-state index contributed by atoms with van der Waals surface area (Å²) < 4.78 is 10.2. The van der Waals surface area contributed by atoms with Gasteiger partial charge < -0.3 is 14.8 Å². The predicted octanol–water partition coefficient (Wildman–Crippen LogP) is 3.56. The number of ether oxygens (including phenoxy) is 2. The first-order chi connectivity index (χ1) is 13.9. The Hall–Kier alpha value is -3.33. The average molecular weight is 394 g/mol. The number of amides is 1. The zero-order chi connectivity index (χ0) is 21.2. The molecule has 0 spiro atoms. The Morgan fingerprint density at radius 3 is 2.24 bits per heavy atom. The van der Waals surface area contributed by atoms with Gasteiger partial charge in [-0.15, -0.1) is 0 Å². The van der Waals surface area contributed by atoms with Crippen molar-refractivity contribution in [2.75, 3.05) is 13.2 Å². The van der Waals surface area contributed by atoms with Gasteiger partial charge in [0.15, 0.2) is 13.2 Å². The molecule has 0 saturated heterocycles. The van der Waals surface area contributed by atoms with Crippen LogP contribution in [0.4, 0.5) is 0 Å². The van der Waals surface area contributed by atoms with Crippen LogP contribution in [0.1, 0.15) is 43.5 Å². The lowest BCUT2D eigenvalue weighted by Gasteiger charge is -2.15. The molecule has 0 heterocycles. The minimum absolute atomic E-state index is 0.191. The number of hydrogen-bond acceptors (Lipinski definition) is 5. The third-order valence-electron chi connectivity index (χ3n) is 4.21. The molecule has 0 fully saturated rings. The fourth-order valence-electron chi connectivity index (χ4n) is 2.74. The van der Waals surface area contributed by atoms with Crippen LogP contribution in [0.2, 0.25) is 0 Å². The van der Waals surface area contributed by atoms with Crippen molar-refractivity contribution in [3.63, 3.8) is 0 Å². The van der Waals surface area contributed by atoms with Gasteiger partial charge in [-0.05, 0) is 54.7 Å². The second kappa shape index (κ2) is 10.9. The van der Waals surface area contributed by atoms with E-state index in [1.165, 1.54) is 5.56 Å². The van der Waals surface area contributed by atoms with E-state index >= 15 is 0 Å². The number of hydrogen-bond donors (Lipinski definition) is 1. The summed E-state index contributed by atoms with van der Waals surface area (Å²) in [6, 6.07) is 16.3. The van der Waals surface area contributed by atoms with Crippen molar-refractivity contribution in [1.82, 2.24) is 5.32 Å². The summed E-state index contributed by atoms with van der Waals surface area (Å²) in [4.78, 5) is 23.8. The number of rotatable bonds is 9. The highest BCUT2D eigenvalue weighted by Gasteiger charge is 2.12. The van der Waals surface area contributed by atoms with Crippen molar-refractivity contribution >= 4 is 11.9 Å². The molecule has 152 valence electrons. The third-order valence-corrected chi connectivity index (χ3v) is 4.21. The van der Waals surface area contributed by atoms with Crippen LogP contribution in [-0.2, 0) is 20.7 Å². The van der Waals surface area contributed by atoms with E-state index in [1.54, 1.807) is 24.3 Å². The first-order valence-electron chi connectivity index (χ1n) is 9.54. The van der Waals surface area contributed by atoms with E-state index in [0.717, 1.165) is 12.0 Å². The summed E-state index contributed by atoms with van der Waals surface area (Å²) in [5.74, 6) is 0.0131. The van der Waals surface area contributed by atoms with Crippen molar-refractivity contribution < 1.29 is 19.1 Å². The number of carbonyl (C=O) groups is 2. The molecule has 0 bridgehead atoms. The fourth-order valence-corrected chi connectivity index (χ4v) is 2.74. The van der Waals surface area contributed by atoms with E-state index in [-0.39, 0.29) is 25.2 Å². The van der Waals surface area contributed by atoms with Gasteiger partial charge in [-0.2, -0.15) is 5.26 Å². The molecule has 29 heavy (non-hydrogen) atoms. The van der Waals surface area contributed by atoms with Gasteiger partial charge in [0.1, 0.15) is 5.75 Å². The Bertz CT molecular complexity index is 852. The summed E-state index contributed by atoms with van der Waals surface area (Å²) in [6.07, 6.45) is 1.02. The quantitative estimate of drug-likeness (QED) is 0.657. The SMILES string of the molecule is CC(C)Cc1ccc([C@H](C)NC(=O)COC(=O)COc2ccc(C#N)cc2)cc1. The smallest absolute Gasteiger partial charge is 0.344 e. The summed E-state index contributed by atoms with van der Waals surface area (Å²) in [6.45, 7) is 5.55. The van der Waals surface area contributed by atoms with Crippen LogP contribution in [0.3, 0.4) is 0 Å².